The summed E-state index contributed by atoms with van der Waals surface area (Å²) in [6.45, 7) is 5.78. The first kappa shape index (κ1) is 23.1. The molecule has 0 saturated heterocycles. The van der Waals surface area contributed by atoms with Crippen LogP contribution < -0.4 is 10.6 Å². The number of hydrogen-bond acceptors (Lipinski definition) is 4. The highest BCUT2D eigenvalue weighted by Gasteiger charge is 2.36. The Labute approximate surface area is 200 Å². The molecule has 1 amide bonds. The third-order valence-corrected chi connectivity index (χ3v) is 5.39. The van der Waals surface area contributed by atoms with Crippen LogP contribution in [0.1, 0.15) is 43.2 Å². The maximum absolute atomic E-state index is 12.0. The number of aromatic nitrogens is 2. The molecule has 0 spiro atoms. The first-order valence-electron chi connectivity index (χ1n) is 11.3. The van der Waals surface area contributed by atoms with Crippen molar-refractivity contribution in [2.75, 3.05) is 5.32 Å². The lowest BCUT2D eigenvalue weighted by atomic mass is 9.77. The molecule has 34 heavy (non-hydrogen) atoms. The number of anilines is 1. The van der Waals surface area contributed by atoms with E-state index in [1.54, 1.807) is 0 Å². The molecule has 1 aromatic heterocycles. The van der Waals surface area contributed by atoms with Crippen molar-refractivity contribution in [3.05, 3.63) is 119 Å². The van der Waals surface area contributed by atoms with E-state index in [1.165, 1.54) is 0 Å². The number of nitrogens with zero attached hydrogens (tertiary/aromatic N) is 1. The zero-order chi connectivity index (χ0) is 24.0. The lowest BCUT2D eigenvalue weighted by molar-refractivity contribution is 0.0523. The quantitative estimate of drug-likeness (QED) is 0.307. The van der Waals surface area contributed by atoms with E-state index in [-0.39, 0.29) is 6.54 Å². The summed E-state index contributed by atoms with van der Waals surface area (Å²) >= 11 is 0. The van der Waals surface area contributed by atoms with Crippen molar-refractivity contribution in [2.24, 2.45) is 0 Å². The van der Waals surface area contributed by atoms with Gasteiger partial charge in [0.15, 0.2) is 0 Å². The van der Waals surface area contributed by atoms with Crippen LogP contribution in [0.3, 0.4) is 0 Å². The maximum atomic E-state index is 12.0. The fraction of sp³-hybridized carbons (Fsp3) is 0.214. The van der Waals surface area contributed by atoms with E-state index in [4.69, 9.17) is 4.74 Å². The van der Waals surface area contributed by atoms with Crippen molar-refractivity contribution in [1.82, 2.24) is 15.5 Å². The molecule has 4 aromatic rings. The summed E-state index contributed by atoms with van der Waals surface area (Å²) in [5.74, 6) is 0.664. The van der Waals surface area contributed by atoms with Gasteiger partial charge < -0.3 is 15.4 Å². The number of alkyl carbamates (subject to hydrolysis) is 1. The second kappa shape index (κ2) is 9.83. The molecule has 6 nitrogen and oxygen atoms in total. The van der Waals surface area contributed by atoms with Crippen LogP contribution >= 0.6 is 0 Å². The first-order chi connectivity index (χ1) is 16.4. The highest BCUT2D eigenvalue weighted by molar-refractivity contribution is 5.67. The van der Waals surface area contributed by atoms with Crippen LogP contribution in [0, 0.1) is 0 Å². The molecule has 0 radical (unpaired) electrons. The zero-order valence-electron chi connectivity index (χ0n) is 19.7. The predicted octanol–water partition coefficient (Wildman–Crippen LogP) is 5.84. The standard InChI is InChI=1S/C28H30N4O2/c1-27(2,3)34-26(33)29-20-24-19-25(32-31-24)30-28(21-13-7-4-8-14-21,22-15-9-5-10-16-22)23-17-11-6-12-18-23/h4-19H,20H2,1-3H3,(H,29,33)(H2,30,31,32). The molecular formula is C28H30N4O2. The van der Waals surface area contributed by atoms with E-state index < -0.39 is 17.2 Å². The molecular weight excluding hydrogens is 424 g/mol. The lowest BCUT2D eigenvalue weighted by Gasteiger charge is -2.37. The lowest BCUT2D eigenvalue weighted by Crippen LogP contribution is -2.38. The summed E-state index contributed by atoms with van der Waals surface area (Å²) < 4.78 is 5.32. The largest absolute Gasteiger partial charge is 0.444 e. The van der Waals surface area contributed by atoms with Gasteiger partial charge in [-0.05, 0) is 37.5 Å². The van der Waals surface area contributed by atoms with Crippen molar-refractivity contribution in [3.63, 3.8) is 0 Å². The number of carbonyl (C=O) groups is 1. The molecule has 3 aromatic carbocycles. The molecule has 4 rings (SSSR count). The summed E-state index contributed by atoms with van der Waals surface area (Å²) in [7, 11) is 0. The number of aromatic amines is 1. The average Bonchev–Trinajstić information content (AvgIpc) is 3.29. The van der Waals surface area contributed by atoms with Gasteiger partial charge >= 0.3 is 6.09 Å². The summed E-state index contributed by atoms with van der Waals surface area (Å²) in [5, 5.41) is 14.0. The zero-order valence-corrected chi connectivity index (χ0v) is 19.7. The molecule has 1 heterocycles. The van der Waals surface area contributed by atoms with Crippen molar-refractivity contribution in [1.29, 1.82) is 0 Å². The Morgan fingerprint density at radius 2 is 1.29 bits per heavy atom. The van der Waals surface area contributed by atoms with Crippen LogP contribution in [0.15, 0.2) is 97.1 Å². The molecule has 0 unspecified atom stereocenters. The van der Waals surface area contributed by atoms with Gasteiger partial charge in [-0.15, -0.1) is 0 Å². The molecule has 6 heteroatoms. The van der Waals surface area contributed by atoms with Gasteiger partial charge in [0.25, 0.3) is 0 Å². The average molecular weight is 455 g/mol. The second-order valence-corrected chi connectivity index (χ2v) is 9.11. The van der Waals surface area contributed by atoms with Gasteiger partial charge in [0.1, 0.15) is 17.0 Å². The molecule has 0 aliphatic rings. The monoisotopic (exact) mass is 454 g/mol. The summed E-state index contributed by atoms with van der Waals surface area (Å²) in [6, 6.07) is 32.9. The molecule has 0 aliphatic heterocycles. The van der Waals surface area contributed by atoms with Crippen molar-refractivity contribution in [2.45, 2.75) is 38.5 Å². The Hall–Kier alpha value is -4.06. The van der Waals surface area contributed by atoms with E-state index in [0.717, 1.165) is 22.4 Å². The summed E-state index contributed by atoms with van der Waals surface area (Å²) in [5.41, 5.74) is 2.80. The normalized spacial score (nSPS) is 11.6. The molecule has 3 N–H and O–H groups in total. The minimum atomic E-state index is -0.672. The predicted molar refractivity (Wildman–Crippen MR) is 134 cm³/mol. The van der Waals surface area contributed by atoms with Crippen LogP contribution in [-0.2, 0) is 16.8 Å². The van der Waals surface area contributed by atoms with E-state index in [0.29, 0.717) is 5.82 Å². The topological polar surface area (TPSA) is 79.0 Å². The Balaban J connectivity index is 1.69. The molecule has 0 atom stereocenters. The van der Waals surface area contributed by atoms with Crippen LogP contribution in [0.25, 0.3) is 0 Å². The van der Waals surface area contributed by atoms with Crippen LogP contribution in [0.2, 0.25) is 0 Å². The van der Waals surface area contributed by atoms with Crippen LogP contribution in [0.4, 0.5) is 10.6 Å². The Morgan fingerprint density at radius 1 is 0.824 bits per heavy atom. The fourth-order valence-corrected chi connectivity index (χ4v) is 3.97. The molecule has 0 saturated carbocycles. The highest BCUT2D eigenvalue weighted by atomic mass is 16.6. The maximum Gasteiger partial charge on any atom is 0.407 e. The fourth-order valence-electron chi connectivity index (χ4n) is 3.97. The van der Waals surface area contributed by atoms with Gasteiger partial charge in [0.2, 0.25) is 0 Å². The van der Waals surface area contributed by atoms with E-state index >= 15 is 0 Å². The molecule has 0 fully saturated rings. The van der Waals surface area contributed by atoms with Crippen molar-refractivity contribution < 1.29 is 9.53 Å². The highest BCUT2D eigenvalue weighted by Crippen LogP contribution is 2.39. The van der Waals surface area contributed by atoms with E-state index in [9.17, 15) is 4.79 Å². The number of ether oxygens (including phenoxy) is 1. The van der Waals surface area contributed by atoms with Crippen LogP contribution in [0.5, 0.6) is 0 Å². The Morgan fingerprint density at radius 3 is 1.74 bits per heavy atom. The van der Waals surface area contributed by atoms with Gasteiger partial charge in [-0.2, -0.15) is 5.10 Å². The molecule has 0 bridgehead atoms. The third kappa shape index (κ3) is 5.29. The number of rotatable bonds is 7. The Kier molecular flexibility index (Phi) is 6.68. The Bertz CT molecular complexity index is 1100. The SMILES string of the molecule is CC(C)(C)OC(=O)NCc1cc(NC(c2ccccc2)(c2ccccc2)c2ccccc2)n[nH]1. The van der Waals surface area contributed by atoms with Gasteiger partial charge in [-0.3, -0.25) is 5.10 Å². The van der Waals surface area contributed by atoms with Gasteiger partial charge in [0.05, 0.1) is 12.2 Å². The number of hydrogen-bond donors (Lipinski definition) is 3. The van der Waals surface area contributed by atoms with Crippen molar-refractivity contribution in [3.8, 4) is 0 Å². The minimum Gasteiger partial charge on any atom is -0.444 e. The number of amides is 1. The van der Waals surface area contributed by atoms with Crippen LogP contribution in [-0.4, -0.2) is 21.9 Å². The van der Waals surface area contributed by atoms with Gasteiger partial charge in [-0.1, -0.05) is 91.0 Å². The smallest absolute Gasteiger partial charge is 0.407 e. The van der Waals surface area contributed by atoms with E-state index in [2.05, 4.69) is 57.2 Å². The van der Waals surface area contributed by atoms with Gasteiger partial charge in [0, 0.05) is 6.07 Å². The number of nitrogens with one attached hydrogen (secondary N) is 3. The number of carbonyl (C=O) groups excluding carboxylic acids is 1. The molecule has 174 valence electrons. The van der Waals surface area contributed by atoms with Gasteiger partial charge in [-0.25, -0.2) is 4.79 Å². The molecule has 0 aliphatic carbocycles. The summed E-state index contributed by atoms with van der Waals surface area (Å²) in [6.07, 6.45) is -0.469. The summed E-state index contributed by atoms with van der Waals surface area (Å²) in [4.78, 5) is 12.0. The third-order valence-electron chi connectivity index (χ3n) is 5.39. The van der Waals surface area contributed by atoms with E-state index in [1.807, 2.05) is 81.4 Å². The minimum absolute atomic E-state index is 0.276. The van der Waals surface area contributed by atoms with Crippen molar-refractivity contribution >= 4 is 11.9 Å². The number of benzene rings is 3. The first-order valence-corrected chi connectivity index (χ1v) is 11.3. The second-order valence-electron chi connectivity index (χ2n) is 9.11. The number of H-pyrrole nitrogens is 1.